The van der Waals surface area contributed by atoms with Crippen LogP contribution < -0.4 is 18.9 Å². The summed E-state index contributed by atoms with van der Waals surface area (Å²) in [4.78, 5) is 12.0. The number of ether oxygens (including phenoxy) is 4. The van der Waals surface area contributed by atoms with Gasteiger partial charge in [-0.3, -0.25) is 0 Å². The van der Waals surface area contributed by atoms with E-state index in [4.69, 9.17) is 18.9 Å². The van der Waals surface area contributed by atoms with Crippen LogP contribution in [0, 0.1) is 0 Å². The number of carbonyl (C=O) groups is 1. The number of rotatable bonds is 6. The molecule has 6 heteroatoms. The van der Waals surface area contributed by atoms with Crippen LogP contribution in [0.1, 0.15) is 5.56 Å². The van der Waals surface area contributed by atoms with Gasteiger partial charge in [0.2, 0.25) is 5.75 Å². The Balaban J connectivity index is 2.19. The molecule has 0 saturated carbocycles. The van der Waals surface area contributed by atoms with Crippen molar-refractivity contribution in [1.29, 1.82) is 0 Å². The van der Waals surface area contributed by atoms with Crippen molar-refractivity contribution in [1.82, 2.24) is 0 Å². The maximum atomic E-state index is 12.0. The minimum Gasteiger partial charge on any atom is -0.493 e. The fourth-order valence-corrected chi connectivity index (χ4v) is 2.40. The average Bonchev–Trinajstić information content (AvgIpc) is 2.60. The van der Waals surface area contributed by atoms with E-state index in [9.17, 15) is 4.79 Å². The third kappa shape index (κ3) is 4.29. The van der Waals surface area contributed by atoms with Crippen molar-refractivity contribution in [2.24, 2.45) is 0 Å². The van der Waals surface area contributed by atoms with Crippen molar-refractivity contribution in [2.45, 2.75) is 0 Å². The van der Waals surface area contributed by atoms with Gasteiger partial charge in [0.25, 0.3) is 0 Å². The van der Waals surface area contributed by atoms with Crippen molar-refractivity contribution in [3.63, 3.8) is 0 Å². The van der Waals surface area contributed by atoms with Gasteiger partial charge in [-0.25, -0.2) is 4.79 Å². The van der Waals surface area contributed by atoms with E-state index in [0.29, 0.717) is 33.0 Å². The topological polar surface area (TPSA) is 54.0 Å². The Labute approximate surface area is 148 Å². The van der Waals surface area contributed by atoms with Crippen LogP contribution in [0.3, 0.4) is 0 Å². The molecule has 0 aromatic heterocycles. The zero-order valence-electron chi connectivity index (χ0n) is 13.5. The summed E-state index contributed by atoms with van der Waals surface area (Å²) in [5.74, 6) is 1.48. The monoisotopic (exact) mass is 392 g/mol. The van der Waals surface area contributed by atoms with E-state index in [1.807, 2.05) is 6.07 Å². The van der Waals surface area contributed by atoms with Gasteiger partial charge in [-0.05, 0) is 51.8 Å². The molecule has 2 rings (SSSR count). The summed E-state index contributed by atoms with van der Waals surface area (Å²) < 4.78 is 21.8. The van der Waals surface area contributed by atoms with Gasteiger partial charge in [0.15, 0.2) is 11.5 Å². The normalized spacial score (nSPS) is 10.5. The molecule has 0 spiro atoms. The zero-order valence-corrected chi connectivity index (χ0v) is 15.1. The first-order chi connectivity index (χ1) is 11.6. The summed E-state index contributed by atoms with van der Waals surface area (Å²) in [6.07, 6.45) is 2.95. The Kier molecular flexibility index (Phi) is 6.26. The molecular weight excluding hydrogens is 376 g/mol. The second kappa shape index (κ2) is 8.40. The van der Waals surface area contributed by atoms with Gasteiger partial charge >= 0.3 is 5.97 Å². The predicted octanol–water partition coefficient (Wildman–Crippen LogP) is 4.09. The van der Waals surface area contributed by atoms with E-state index in [2.05, 4.69) is 15.9 Å². The molecule has 0 aliphatic heterocycles. The molecule has 0 N–H and O–H groups in total. The molecule has 0 saturated heterocycles. The molecule has 5 nitrogen and oxygen atoms in total. The average molecular weight is 393 g/mol. The first-order valence-corrected chi connectivity index (χ1v) is 7.82. The summed E-state index contributed by atoms with van der Waals surface area (Å²) in [6, 6.07) is 10.6. The van der Waals surface area contributed by atoms with Crippen LogP contribution >= 0.6 is 15.9 Å². The zero-order chi connectivity index (χ0) is 17.5. The van der Waals surface area contributed by atoms with Crippen LogP contribution in [-0.2, 0) is 4.79 Å². The van der Waals surface area contributed by atoms with Gasteiger partial charge in [-0.1, -0.05) is 12.1 Å². The molecule has 0 aliphatic rings. The summed E-state index contributed by atoms with van der Waals surface area (Å²) in [5, 5.41) is 0. The molecule has 0 bridgehead atoms. The first-order valence-electron chi connectivity index (χ1n) is 7.03. The Hall–Kier alpha value is -2.47. The molecule has 0 amide bonds. The molecule has 0 heterocycles. The Morgan fingerprint density at radius 1 is 0.958 bits per heavy atom. The number of halogens is 1. The second-order valence-corrected chi connectivity index (χ2v) is 5.50. The predicted molar refractivity (Wildman–Crippen MR) is 94.9 cm³/mol. The minimum atomic E-state index is -0.490. The molecular formula is C18H17BrO5. The highest BCUT2D eigenvalue weighted by Gasteiger charge is 2.12. The first kappa shape index (κ1) is 17.9. The summed E-state index contributed by atoms with van der Waals surface area (Å²) in [7, 11) is 4.60. The van der Waals surface area contributed by atoms with Crippen LogP contribution in [0.4, 0.5) is 0 Å². The van der Waals surface area contributed by atoms with Gasteiger partial charge in [0.1, 0.15) is 5.75 Å². The van der Waals surface area contributed by atoms with Crippen molar-refractivity contribution in [3.8, 4) is 23.0 Å². The summed E-state index contributed by atoms with van der Waals surface area (Å²) in [6.45, 7) is 0. The van der Waals surface area contributed by atoms with Crippen LogP contribution in [-0.4, -0.2) is 27.3 Å². The molecule has 126 valence electrons. The Morgan fingerprint density at radius 3 is 2.12 bits per heavy atom. The van der Waals surface area contributed by atoms with E-state index in [-0.39, 0.29) is 0 Å². The molecule has 0 fully saturated rings. The van der Waals surface area contributed by atoms with Gasteiger partial charge in [-0.15, -0.1) is 0 Å². The third-order valence-electron chi connectivity index (χ3n) is 3.15. The van der Waals surface area contributed by atoms with Crippen LogP contribution in [0.2, 0.25) is 0 Å². The number of para-hydroxylation sites is 1. The smallest absolute Gasteiger partial charge is 0.336 e. The molecule has 2 aromatic rings. The molecule has 24 heavy (non-hydrogen) atoms. The van der Waals surface area contributed by atoms with Gasteiger partial charge < -0.3 is 18.9 Å². The number of hydrogen-bond donors (Lipinski definition) is 0. The highest BCUT2D eigenvalue weighted by molar-refractivity contribution is 9.10. The molecule has 0 atom stereocenters. The maximum Gasteiger partial charge on any atom is 0.336 e. The number of esters is 1. The number of benzene rings is 2. The highest BCUT2D eigenvalue weighted by Crippen LogP contribution is 2.38. The number of carbonyl (C=O) groups excluding carboxylic acids is 1. The van der Waals surface area contributed by atoms with Crippen molar-refractivity contribution in [3.05, 3.63) is 52.5 Å². The molecule has 2 aromatic carbocycles. The fraction of sp³-hybridized carbons (Fsp3) is 0.167. The van der Waals surface area contributed by atoms with E-state index in [1.165, 1.54) is 27.4 Å². The van der Waals surface area contributed by atoms with Crippen molar-refractivity contribution >= 4 is 28.0 Å². The summed E-state index contributed by atoms with van der Waals surface area (Å²) >= 11 is 3.33. The van der Waals surface area contributed by atoms with Crippen LogP contribution in [0.25, 0.3) is 6.08 Å². The van der Waals surface area contributed by atoms with Gasteiger partial charge in [0, 0.05) is 6.08 Å². The lowest BCUT2D eigenvalue weighted by Crippen LogP contribution is -2.04. The largest absolute Gasteiger partial charge is 0.493 e. The van der Waals surface area contributed by atoms with Gasteiger partial charge in [-0.2, -0.15) is 0 Å². The maximum absolute atomic E-state index is 12.0. The summed E-state index contributed by atoms with van der Waals surface area (Å²) in [5.41, 5.74) is 0.716. The standard InChI is InChI=1S/C18H17BrO5/c1-21-15-10-12(11-16(22-2)18(15)23-3)8-9-17(20)24-14-7-5-4-6-13(14)19/h4-11H,1-3H3/b9-8+. The molecule has 0 radical (unpaired) electrons. The van der Waals surface area contributed by atoms with Crippen molar-refractivity contribution < 1.29 is 23.7 Å². The van der Waals surface area contributed by atoms with E-state index in [0.717, 1.165) is 0 Å². The second-order valence-electron chi connectivity index (χ2n) is 4.64. The van der Waals surface area contributed by atoms with E-state index >= 15 is 0 Å². The van der Waals surface area contributed by atoms with Gasteiger partial charge in [0.05, 0.1) is 25.8 Å². The third-order valence-corrected chi connectivity index (χ3v) is 3.80. The quantitative estimate of drug-likeness (QED) is 0.420. The lowest BCUT2D eigenvalue weighted by atomic mass is 10.1. The van der Waals surface area contributed by atoms with Crippen LogP contribution in [0.15, 0.2) is 46.9 Å². The lowest BCUT2D eigenvalue weighted by Gasteiger charge is -2.12. The number of methoxy groups -OCH3 is 3. The molecule has 0 aliphatic carbocycles. The molecule has 0 unspecified atom stereocenters. The Morgan fingerprint density at radius 2 is 1.58 bits per heavy atom. The Bertz CT molecular complexity index is 730. The minimum absolute atomic E-state index is 0.456. The highest BCUT2D eigenvalue weighted by atomic mass is 79.9. The fourth-order valence-electron chi connectivity index (χ4n) is 2.03. The SMILES string of the molecule is COc1cc(/C=C/C(=O)Oc2ccccc2Br)cc(OC)c1OC. The van der Waals surface area contributed by atoms with Crippen LogP contribution in [0.5, 0.6) is 23.0 Å². The van der Waals surface area contributed by atoms with E-state index < -0.39 is 5.97 Å². The van der Waals surface area contributed by atoms with E-state index in [1.54, 1.807) is 36.4 Å². The number of hydrogen-bond acceptors (Lipinski definition) is 5. The lowest BCUT2D eigenvalue weighted by molar-refractivity contribution is -0.128. The van der Waals surface area contributed by atoms with Crippen molar-refractivity contribution in [2.75, 3.05) is 21.3 Å².